The largest absolute Gasteiger partial charge is 0.350 e. The number of anilines is 1. The van der Waals surface area contributed by atoms with Crippen LogP contribution >= 0.6 is 11.3 Å². The lowest BCUT2D eigenvalue weighted by Crippen LogP contribution is -2.36. The van der Waals surface area contributed by atoms with Crippen molar-refractivity contribution in [2.24, 2.45) is 0 Å². The fourth-order valence-corrected chi connectivity index (χ4v) is 5.91. The molecule has 2 aliphatic rings. The van der Waals surface area contributed by atoms with E-state index < -0.39 is 10.0 Å². The van der Waals surface area contributed by atoms with Crippen LogP contribution in [-0.2, 0) is 16.4 Å². The van der Waals surface area contributed by atoms with Gasteiger partial charge >= 0.3 is 0 Å². The van der Waals surface area contributed by atoms with Crippen molar-refractivity contribution in [3.8, 4) is 0 Å². The average molecular weight is 420 g/mol. The van der Waals surface area contributed by atoms with Gasteiger partial charge in [-0.25, -0.2) is 8.42 Å². The summed E-state index contributed by atoms with van der Waals surface area (Å²) in [7, 11) is -3.28. The summed E-state index contributed by atoms with van der Waals surface area (Å²) >= 11 is 1.73. The SMILES string of the molecule is CS(=O)(=O)N1CCc2cc(C(=O)NC[C@@H](c3cccs3)N3CCCC3)ccc21. The molecule has 3 heterocycles. The van der Waals surface area contributed by atoms with Crippen molar-refractivity contribution in [2.75, 3.05) is 36.7 Å². The van der Waals surface area contributed by atoms with E-state index in [4.69, 9.17) is 0 Å². The third kappa shape index (κ3) is 3.94. The van der Waals surface area contributed by atoms with Gasteiger partial charge in [0.15, 0.2) is 0 Å². The molecule has 0 spiro atoms. The number of nitrogens with one attached hydrogen (secondary N) is 1. The second-order valence-corrected chi connectivity index (χ2v) is 10.3. The molecule has 0 radical (unpaired) electrons. The first kappa shape index (κ1) is 19.4. The van der Waals surface area contributed by atoms with Gasteiger partial charge in [0, 0.05) is 23.5 Å². The lowest BCUT2D eigenvalue weighted by molar-refractivity contribution is 0.0938. The van der Waals surface area contributed by atoms with Crippen LogP contribution in [0.3, 0.4) is 0 Å². The Labute approximate surface area is 170 Å². The second kappa shape index (κ2) is 7.85. The van der Waals surface area contributed by atoms with E-state index in [1.807, 2.05) is 6.07 Å². The molecule has 0 saturated carbocycles. The van der Waals surface area contributed by atoms with Gasteiger partial charge in [-0.15, -0.1) is 11.3 Å². The molecule has 4 rings (SSSR count). The molecule has 2 aromatic rings. The van der Waals surface area contributed by atoms with Gasteiger partial charge in [-0.05, 0) is 67.6 Å². The Morgan fingerprint density at radius 1 is 1.21 bits per heavy atom. The van der Waals surface area contributed by atoms with Gasteiger partial charge in [0.05, 0.1) is 18.0 Å². The molecule has 0 aliphatic carbocycles. The Balaban J connectivity index is 1.46. The van der Waals surface area contributed by atoms with Gasteiger partial charge in [-0.3, -0.25) is 14.0 Å². The van der Waals surface area contributed by atoms with E-state index in [9.17, 15) is 13.2 Å². The number of rotatable bonds is 6. The first-order chi connectivity index (χ1) is 13.4. The highest BCUT2D eigenvalue weighted by molar-refractivity contribution is 7.92. The van der Waals surface area contributed by atoms with Crippen LogP contribution in [0.4, 0.5) is 5.69 Å². The summed E-state index contributed by atoms with van der Waals surface area (Å²) in [6, 6.07) is 9.68. The zero-order valence-electron chi connectivity index (χ0n) is 15.9. The average Bonchev–Trinajstić information content (AvgIpc) is 3.41. The molecule has 1 saturated heterocycles. The minimum atomic E-state index is -3.28. The molecule has 1 amide bonds. The maximum absolute atomic E-state index is 12.8. The van der Waals surface area contributed by atoms with Crippen molar-refractivity contribution in [2.45, 2.75) is 25.3 Å². The zero-order chi connectivity index (χ0) is 19.7. The van der Waals surface area contributed by atoms with Gasteiger partial charge in [0.25, 0.3) is 5.91 Å². The van der Waals surface area contributed by atoms with Crippen LogP contribution in [-0.4, -0.2) is 51.7 Å². The number of carbonyl (C=O) groups is 1. The van der Waals surface area contributed by atoms with E-state index in [-0.39, 0.29) is 11.9 Å². The number of fused-ring (bicyclic) bond motifs is 1. The third-order valence-electron chi connectivity index (χ3n) is 5.50. The van der Waals surface area contributed by atoms with Crippen LogP contribution < -0.4 is 9.62 Å². The van der Waals surface area contributed by atoms with Gasteiger partial charge in [-0.2, -0.15) is 0 Å². The number of nitrogens with zero attached hydrogens (tertiary/aromatic N) is 2. The highest BCUT2D eigenvalue weighted by Gasteiger charge is 2.28. The fourth-order valence-electron chi connectivity index (χ4n) is 4.09. The topological polar surface area (TPSA) is 69.7 Å². The van der Waals surface area contributed by atoms with Crippen LogP contribution in [0.5, 0.6) is 0 Å². The molecule has 1 aromatic carbocycles. The van der Waals surface area contributed by atoms with E-state index in [0.29, 0.717) is 30.8 Å². The van der Waals surface area contributed by atoms with E-state index in [0.717, 1.165) is 18.7 Å². The molecule has 28 heavy (non-hydrogen) atoms. The molecule has 1 fully saturated rings. The van der Waals surface area contributed by atoms with Gasteiger partial charge in [-0.1, -0.05) is 6.07 Å². The summed E-state index contributed by atoms with van der Waals surface area (Å²) in [4.78, 5) is 16.5. The highest BCUT2D eigenvalue weighted by atomic mass is 32.2. The predicted molar refractivity (Wildman–Crippen MR) is 113 cm³/mol. The predicted octanol–water partition coefficient (Wildman–Crippen LogP) is 2.64. The smallest absolute Gasteiger partial charge is 0.251 e. The first-order valence-electron chi connectivity index (χ1n) is 9.60. The lowest BCUT2D eigenvalue weighted by Gasteiger charge is -2.27. The number of benzene rings is 1. The standard InChI is InChI=1S/C20H25N3O3S2/c1-28(25,26)23-11-8-15-13-16(6-7-17(15)23)20(24)21-14-18(19-5-4-12-27-19)22-9-2-3-10-22/h4-7,12-13,18H,2-3,8-11,14H2,1H3,(H,21,24)/t18-/m0/s1. The minimum absolute atomic E-state index is 0.110. The number of hydrogen-bond acceptors (Lipinski definition) is 5. The molecule has 0 bridgehead atoms. The highest BCUT2D eigenvalue weighted by Crippen LogP contribution is 2.31. The van der Waals surface area contributed by atoms with Crippen molar-refractivity contribution in [1.29, 1.82) is 0 Å². The molecular weight excluding hydrogens is 394 g/mol. The Kier molecular flexibility index (Phi) is 5.44. The number of likely N-dealkylation sites (tertiary alicyclic amines) is 1. The van der Waals surface area contributed by atoms with E-state index >= 15 is 0 Å². The van der Waals surface area contributed by atoms with Crippen LogP contribution in [0.25, 0.3) is 0 Å². The van der Waals surface area contributed by atoms with Crippen molar-refractivity contribution >= 4 is 33.0 Å². The molecule has 1 atom stereocenters. The summed E-state index contributed by atoms with van der Waals surface area (Å²) in [5, 5.41) is 5.17. The second-order valence-electron chi connectivity index (χ2n) is 7.41. The quantitative estimate of drug-likeness (QED) is 0.782. The van der Waals surface area contributed by atoms with Crippen LogP contribution in [0.1, 0.15) is 39.7 Å². The zero-order valence-corrected chi connectivity index (χ0v) is 17.6. The van der Waals surface area contributed by atoms with Gasteiger partial charge in [0.2, 0.25) is 10.0 Å². The number of thiophene rings is 1. The maximum atomic E-state index is 12.8. The van der Waals surface area contributed by atoms with Crippen molar-refractivity contribution in [3.63, 3.8) is 0 Å². The van der Waals surface area contributed by atoms with E-state index in [1.165, 1.54) is 28.3 Å². The Hall–Kier alpha value is -1.90. The fraction of sp³-hybridized carbons (Fsp3) is 0.450. The summed E-state index contributed by atoms with van der Waals surface area (Å²) in [5.41, 5.74) is 2.18. The molecule has 6 nitrogen and oxygen atoms in total. The number of sulfonamides is 1. The minimum Gasteiger partial charge on any atom is -0.350 e. The number of carbonyl (C=O) groups excluding carboxylic acids is 1. The number of amides is 1. The van der Waals surface area contributed by atoms with E-state index in [2.05, 4.69) is 27.7 Å². The monoisotopic (exact) mass is 419 g/mol. The molecule has 0 unspecified atom stereocenters. The summed E-state index contributed by atoms with van der Waals surface area (Å²) in [6.07, 6.45) is 4.26. The Morgan fingerprint density at radius 2 is 2.00 bits per heavy atom. The molecular formula is C20H25N3O3S2. The molecule has 1 aromatic heterocycles. The normalized spacial score (nSPS) is 18.2. The van der Waals surface area contributed by atoms with Gasteiger partial charge < -0.3 is 5.32 Å². The summed E-state index contributed by atoms with van der Waals surface area (Å²) in [6.45, 7) is 3.15. The van der Waals surface area contributed by atoms with Gasteiger partial charge in [0.1, 0.15) is 0 Å². The Morgan fingerprint density at radius 3 is 2.68 bits per heavy atom. The van der Waals surface area contributed by atoms with Crippen molar-refractivity contribution in [3.05, 3.63) is 51.7 Å². The van der Waals surface area contributed by atoms with Crippen LogP contribution in [0.2, 0.25) is 0 Å². The van der Waals surface area contributed by atoms with Crippen LogP contribution in [0, 0.1) is 0 Å². The number of hydrogen-bond donors (Lipinski definition) is 1. The Bertz CT molecular complexity index is 951. The maximum Gasteiger partial charge on any atom is 0.251 e. The van der Waals surface area contributed by atoms with Crippen molar-refractivity contribution in [1.82, 2.24) is 10.2 Å². The summed E-state index contributed by atoms with van der Waals surface area (Å²) < 4.78 is 25.2. The van der Waals surface area contributed by atoms with Crippen LogP contribution in [0.15, 0.2) is 35.7 Å². The molecule has 1 N–H and O–H groups in total. The molecule has 8 heteroatoms. The lowest BCUT2D eigenvalue weighted by atomic mass is 10.1. The molecule has 2 aliphatic heterocycles. The van der Waals surface area contributed by atoms with E-state index in [1.54, 1.807) is 23.5 Å². The molecule has 150 valence electrons. The van der Waals surface area contributed by atoms with Crippen molar-refractivity contribution < 1.29 is 13.2 Å². The summed E-state index contributed by atoms with van der Waals surface area (Å²) in [5.74, 6) is -0.110. The first-order valence-corrected chi connectivity index (χ1v) is 12.3. The third-order valence-corrected chi connectivity index (χ3v) is 7.66.